The molecule has 106 valence electrons. The van der Waals surface area contributed by atoms with Crippen LogP contribution in [0.4, 0.5) is 0 Å². The summed E-state index contributed by atoms with van der Waals surface area (Å²) < 4.78 is 10.7. The number of aliphatic hydroxyl groups is 1. The Labute approximate surface area is 119 Å². The summed E-state index contributed by atoms with van der Waals surface area (Å²) >= 11 is 0. The number of rotatable bonds is 3. The summed E-state index contributed by atoms with van der Waals surface area (Å²) in [5, 5.41) is 12.8. The summed E-state index contributed by atoms with van der Waals surface area (Å²) in [4.78, 5) is 0. The Morgan fingerprint density at radius 1 is 1.20 bits per heavy atom. The number of ether oxygens (including phenoxy) is 2. The Balaban J connectivity index is 1.88. The minimum Gasteiger partial charge on any atom is -0.497 e. The van der Waals surface area contributed by atoms with Crippen molar-refractivity contribution in [3.8, 4) is 5.75 Å². The van der Waals surface area contributed by atoms with Crippen LogP contribution < -0.4 is 4.74 Å². The molecule has 2 aromatic carbocycles. The molecule has 1 aliphatic heterocycles. The second kappa shape index (κ2) is 5.81. The number of hydrogen-bond donors (Lipinski definition) is 1. The molecule has 1 heterocycles. The third-order valence-electron chi connectivity index (χ3n) is 4.06. The average molecular weight is 272 g/mol. The van der Waals surface area contributed by atoms with Gasteiger partial charge in [-0.15, -0.1) is 0 Å². The van der Waals surface area contributed by atoms with E-state index in [-0.39, 0.29) is 5.92 Å². The third kappa shape index (κ3) is 2.65. The molecule has 2 aromatic rings. The molecular weight excluding hydrogens is 252 g/mol. The first-order chi connectivity index (χ1) is 9.78. The molecule has 1 fully saturated rings. The van der Waals surface area contributed by atoms with Crippen LogP contribution in [-0.4, -0.2) is 25.4 Å². The summed E-state index contributed by atoms with van der Waals surface area (Å²) in [6, 6.07) is 12.1. The maximum absolute atomic E-state index is 10.5. The monoisotopic (exact) mass is 272 g/mol. The minimum absolute atomic E-state index is 0.208. The highest BCUT2D eigenvalue weighted by atomic mass is 16.5. The molecule has 3 nitrogen and oxygen atoms in total. The Hall–Kier alpha value is -1.58. The Kier molecular flexibility index (Phi) is 3.90. The standard InChI is InChI=1S/C17H20O3/c1-19-16-7-6-12-9-14(5-4-13(12)10-16)17(18)15-3-2-8-20-11-15/h4-7,9-10,15,17-18H,2-3,8,11H2,1H3. The highest BCUT2D eigenvalue weighted by Gasteiger charge is 2.23. The van der Waals surface area contributed by atoms with Crippen molar-refractivity contribution >= 4 is 10.8 Å². The van der Waals surface area contributed by atoms with Gasteiger partial charge in [0.05, 0.1) is 19.8 Å². The molecule has 0 aromatic heterocycles. The largest absolute Gasteiger partial charge is 0.497 e. The normalized spacial score (nSPS) is 20.8. The van der Waals surface area contributed by atoms with Gasteiger partial charge >= 0.3 is 0 Å². The zero-order valence-electron chi connectivity index (χ0n) is 11.7. The molecule has 1 saturated heterocycles. The van der Waals surface area contributed by atoms with E-state index in [1.807, 2.05) is 30.3 Å². The first-order valence-corrected chi connectivity index (χ1v) is 7.11. The molecule has 0 spiro atoms. The molecule has 2 atom stereocenters. The molecule has 0 radical (unpaired) electrons. The second-order valence-electron chi connectivity index (χ2n) is 5.39. The SMILES string of the molecule is COc1ccc2cc(C(O)C3CCCOC3)ccc2c1. The summed E-state index contributed by atoms with van der Waals surface area (Å²) in [7, 11) is 1.67. The van der Waals surface area contributed by atoms with Crippen molar-refractivity contribution in [2.24, 2.45) is 5.92 Å². The van der Waals surface area contributed by atoms with Gasteiger partial charge < -0.3 is 14.6 Å². The maximum Gasteiger partial charge on any atom is 0.119 e. The predicted molar refractivity (Wildman–Crippen MR) is 79.0 cm³/mol. The van der Waals surface area contributed by atoms with E-state index in [9.17, 15) is 5.11 Å². The van der Waals surface area contributed by atoms with Crippen LogP contribution in [0.3, 0.4) is 0 Å². The van der Waals surface area contributed by atoms with Crippen LogP contribution in [0, 0.1) is 5.92 Å². The quantitative estimate of drug-likeness (QED) is 0.931. The van der Waals surface area contributed by atoms with Crippen LogP contribution in [0.15, 0.2) is 36.4 Å². The Morgan fingerprint density at radius 3 is 2.75 bits per heavy atom. The second-order valence-corrected chi connectivity index (χ2v) is 5.39. The lowest BCUT2D eigenvalue weighted by Crippen LogP contribution is -2.23. The van der Waals surface area contributed by atoms with E-state index >= 15 is 0 Å². The fourth-order valence-electron chi connectivity index (χ4n) is 2.84. The molecule has 0 aliphatic carbocycles. The van der Waals surface area contributed by atoms with Gasteiger partial charge in [0.15, 0.2) is 0 Å². The summed E-state index contributed by atoms with van der Waals surface area (Å²) in [5.74, 6) is 1.06. The Morgan fingerprint density at radius 2 is 2.00 bits per heavy atom. The lowest BCUT2D eigenvalue weighted by Gasteiger charge is -2.27. The van der Waals surface area contributed by atoms with E-state index in [0.29, 0.717) is 6.61 Å². The number of benzene rings is 2. The average Bonchev–Trinajstić information content (AvgIpc) is 2.54. The van der Waals surface area contributed by atoms with Gasteiger partial charge in [-0.25, -0.2) is 0 Å². The van der Waals surface area contributed by atoms with E-state index in [1.54, 1.807) is 7.11 Å². The highest BCUT2D eigenvalue weighted by Crippen LogP contribution is 2.31. The van der Waals surface area contributed by atoms with Crippen molar-refractivity contribution in [1.82, 2.24) is 0 Å². The first-order valence-electron chi connectivity index (χ1n) is 7.11. The van der Waals surface area contributed by atoms with Crippen molar-refractivity contribution in [1.29, 1.82) is 0 Å². The predicted octanol–water partition coefficient (Wildman–Crippen LogP) is 3.31. The molecule has 0 amide bonds. The smallest absolute Gasteiger partial charge is 0.119 e. The van der Waals surface area contributed by atoms with Crippen LogP contribution in [0.2, 0.25) is 0 Å². The molecule has 1 N–H and O–H groups in total. The molecule has 0 bridgehead atoms. The molecule has 2 unspecified atom stereocenters. The molecule has 0 saturated carbocycles. The fraction of sp³-hybridized carbons (Fsp3) is 0.412. The van der Waals surface area contributed by atoms with Gasteiger partial charge in [-0.05, 0) is 47.4 Å². The van der Waals surface area contributed by atoms with Crippen LogP contribution in [0.25, 0.3) is 10.8 Å². The maximum atomic E-state index is 10.5. The van der Waals surface area contributed by atoms with Gasteiger partial charge in [0.1, 0.15) is 5.75 Å². The number of methoxy groups -OCH3 is 1. The van der Waals surface area contributed by atoms with Crippen molar-refractivity contribution in [2.45, 2.75) is 18.9 Å². The Bertz CT molecular complexity index is 588. The molecule has 3 rings (SSSR count). The minimum atomic E-state index is -0.443. The topological polar surface area (TPSA) is 38.7 Å². The number of hydrogen-bond acceptors (Lipinski definition) is 3. The number of aliphatic hydroxyl groups excluding tert-OH is 1. The molecule has 3 heteroatoms. The van der Waals surface area contributed by atoms with Crippen LogP contribution >= 0.6 is 0 Å². The van der Waals surface area contributed by atoms with Crippen molar-refractivity contribution < 1.29 is 14.6 Å². The fourth-order valence-corrected chi connectivity index (χ4v) is 2.84. The van der Waals surface area contributed by atoms with Gasteiger partial charge in [0.25, 0.3) is 0 Å². The van der Waals surface area contributed by atoms with E-state index < -0.39 is 6.10 Å². The van der Waals surface area contributed by atoms with Crippen molar-refractivity contribution in [3.63, 3.8) is 0 Å². The van der Waals surface area contributed by atoms with Crippen LogP contribution in [0.1, 0.15) is 24.5 Å². The zero-order valence-corrected chi connectivity index (χ0v) is 11.7. The van der Waals surface area contributed by atoms with Gasteiger partial charge in [-0.3, -0.25) is 0 Å². The first kappa shape index (κ1) is 13.4. The van der Waals surface area contributed by atoms with Gasteiger partial charge in [0.2, 0.25) is 0 Å². The van der Waals surface area contributed by atoms with E-state index in [0.717, 1.165) is 41.5 Å². The summed E-state index contributed by atoms with van der Waals surface area (Å²) in [6.45, 7) is 1.47. The van der Waals surface area contributed by atoms with Gasteiger partial charge in [-0.2, -0.15) is 0 Å². The van der Waals surface area contributed by atoms with Crippen LogP contribution in [0.5, 0.6) is 5.75 Å². The van der Waals surface area contributed by atoms with Crippen molar-refractivity contribution in [3.05, 3.63) is 42.0 Å². The van der Waals surface area contributed by atoms with Gasteiger partial charge in [-0.1, -0.05) is 18.2 Å². The lowest BCUT2D eigenvalue weighted by molar-refractivity contribution is -0.00991. The number of fused-ring (bicyclic) bond motifs is 1. The molecule has 1 aliphatic rings. The van der Waals surface area contributed by atoms with Gasteiger partial charge in [0, 0.05) is 12.5 Å². The summed E-state index contributed by atoms with van der Waals surface area (Å²) in [6.07, 6.45) is 1.62. The molecular formula is C17H20O3. The van der Waals surface area contributed by atoms with Crippen LogP contribution in [-0.2, 0) is 4.74 Å². The van der Waals surface area contributed by atoms with E-state index in [4.69, 9.17) is 9.47 Å². The zero-order chi connectivity index (χ0) is 13.9. The molecule has 20 heavy (non-hydrogen) atoms. The van der Waals surface area contributed by atoms with E-state index in [1.165, 1.54) is 0 Å². The third-order valence-corrected chi connectivity index (χ3v) is 4.06. The summed E-state index contributed by atoms with van der Waals surface area (Å²) in [5.41, 5.74) is 0.971. The van der Waals surface area contributed by atoms with Crippen molar-refractivity contribution in [2.75, 3.05) is 20.3 Å². The van der Waals surface area contributed by atoms with E-state index in [2.05, 4.69) is 6.07 Å². The lowest BCUT2D eigenvalue weighted by atomic mass is 9.90. The highest BCUT2D eigenvalue weighted by molar-refractivity contribution is 5.84.